The van der Waals surface area contributed by atoms with E-state index in [2.05, 4.69) is 6.92 Å². The van der Waals surface area contributed by atoms with Crippen molar-refractivity contribution < 1.29 is 17.9 Å². The van der Waals surface area contributed by atoms with Gasteiger partial charge in [-0.05, 0) is 12.0 Å². The van der Waals surface area contributed by atoms with E-state index >= 15 is 0 Å². The number of unbranched alkanes of at least 4 members (excludes halogenated alkanes) is 11. The normalized spacial score (nSPS) is 14.2. The van der Waals surface area contributed by atoms with Crippen LogP contribution in [0.15, 0.2) is 30.3 Å². The summed E-state index contributed by atoms with van der Waals surface area (Å²) >= 11 is 0. The molecule has 1 atom stereocenters. The third-order valence-electron chi connectivity index (χ3n) is 5.67. The van der Waals surface area contributed by atoms with Crippen LogP contribution in [0.5, 0.6) is 0 Å². The minimum atomic E-state index is -4.37. The average molecular weight is 401 g/mol. The summed E-state index contributed by atoms with van der Waals surface area (Å²) in [6.07, 6.45) is 9.45. The minimum Gasteiger partial charge on any atom is -0.368 e. The lowest BCUT2D eigenvalue weighted by atomic mass is 9.88. The maximum atomic E-state index is 13.8. The lowest BCUT2D eigenvalue weighted by molar-refractivity contribution is -0.272. The van der Waals surface area contributed by atoms with Crippen LogP contribution in [0.2, 0.25) is 0 Å². The Hall–Kier alpha value is -1.03. The van der Waals surface area contributed by atoms with E-state index in [0.29, 0.717) is 12.0 Å². The summed E-state index contributed by atoms with van der Waals surface area (Å²) in [4.78, 5) is 0. The van der Waals surface area contributed by atoms with Gasteiger partial charge in [0.2, 0.25) is 0 Å². The molecule has 0 spiro atoms. The highest BCUT2D eigenvalue weighted by Gasteiger charge is 2.54. The van der Waals surface area contributed by atoms with E-state index in [1.54, 1.807) is 24.3 Å². The van der Waals surface area contributed by atoms with Crippen molar-refractivity contribution in [1.82, 2.24) is 0 Å². The molecule has 1 aromatic carbocycles. The Labute approximate surface area is 170 Å². The maximum absolute atomic E-state index is 13.8. The van der Waals surface area contributed by atoms with Crippen LogP contribution in [0, 0.1) is 0 Å². The van der Waals surface area contributed by atoms with Crippen molar-refractivity contribution >= 4 is 0 Å². The largest absolute Gasteiger partial charge is 0.417 e. The molecule has 162 valence electrons. The third kappa shape index (κ3) is 9.45. The van der Waals surface area contributed by atoms with Crippen molar-refractivity contribution in [3.05, 3.63) is 35.9 Å². The molecule has 4 heteroatoms. The molecule has 1 nitrogen and oxygen atoms in total. The van der Waals surface area contributed by atoms with E-state index in [4.69, 9.17) is 4.74 Å². The Morgan fingerprint density at radius 1 is 0.714 bits per heavy atom. The topological polar surface area (TPSA) is 9.23 Å². The molecule has 0 aliphatic rings. The first-order valence-electron chi connectivity index (χ1n) is 11.1. The van der Waals surface area contributed by atoms with Gasteiger partial charge in [-0.15, -0.1) is 0 Å². The zero-order valence-corrected chi connectivity index (χ0v) is 17.8. The van der Waals surface area contributed by atoms with Crippen LogP contribution in [0.25, 0.3) is 0 Å². The van der Waals surface area contributed by atoms with Crippen LogP contribution in [0.3, 0.4) is 0 Å². The highest BCUT2D eigenvalue weighted by molar-refractivity contribution is 5.18. The summed E-state index contributed by atoms with van der Waals surface area (Å²) in [5.74, 6) is 0. The van der Waals surface area contributed by atoms with Crippen molar-refractivity contribution in [2.24, 2.45) is 0 Å². The van der Waals surface area contributed by atoms with Gasteiger partial charge in [-0.2, -0.15) is 13.2 Å². The number of methoxy groups -OCH3 is 1. The SMILES string of the molecule is CCCCCCCCCCCCCCC(Cc1ccccc1)(OC)C(F)(F)F. The van der Waals surface area contributed by atoms with Gasteiger partial charge in [0.15, 0.2) is 5.60 Å². The molecule has 1 unspecified atom stereocenters. The van der Waals surface area contributed by atoms with Crippen molar-refractivity contribution in [2.75, 3.05) is 7.11 Å². The van der Waals surface area contributed by atoms with Gasteiger partial charge in [-0.3, -0.25) is 0 Å². The van der Waals surface area contributed by atoms with Gasteiger partial charge in [0.05, 0.1) is 0 Å². The predicted molar refractivity (Wildman–Crippen MR) is 112 cm³/mol. The van der Waals surface area contributed by atoms with Crippen LogP contribution in [0.1, 0.15) is 96.0 Å². The molecule has 0 aliphatic heterocycles. The van der Waals surface area contributed by atoms with Gasteiger partial charge in [0, 0.05) is 13.5 Å². The smallest absolute Gasteiger partial charge is 0.368 e. The Morgan fingerprint density at radius 3 is 1.61 bits per heavy atom. The summed E-state index contributed by atoms with van der Waals surface area (Å²) in [6.45, 7) is 2.23. The average Bonchev–Trinajstić information content (AvgIpc) is 2.67. The van der Waals surface area contributed by atoms with Gasteiger partial charge in [0.1, 0.15) is 0 Å². The second-order valence-corrected chi connectivity index (χ2v) is 8.00. The molecule has 1 rings (SSSR count). The first-order valence-corrected chi connectivity index (χ1v) is 11.1. The molecule has 28 heavy (non-hydrogen) atoms. The fraction of sp³-hybridized carbons (Fsp3) is 0.750. The van der Waals surface area contributed by atoms with Crippen molar-refractivity contribution in [2.45, 2.75) is 109 Å². The van der Waals surface area contributed by atoms with E-state index in [9.17, 15) is 13.2 Å². The molecule has 0 saturated carbocycles. The second-order valence-electron chi connectivity index (χ2n) is 8.00. The number of alkyl halides is 3. The zero-order valence-electron chi connectivity index (χ0n) is 17.8. The summed E-state index contributed by atoms with van der Waals surface area (Å²) in [5.41, 5.74) is -1.41. The minimum absolute atomic E-state index is 0.0271. The first-order chi connectivity index (χ1) is 13.4. The van der Waals surface area contributed by atoms with Crippen LogP contribution in [0.4, 0.5) is 13.2 Å². The van der Waals surface area contributed by atoms with Crippen LogP contribution in [-0.4, -0.2) is 18.9 Å². The van der Waals surface area contributed by atoms with E-state index in [1.165, 1.54) is 58.5 Å². The van der Waals surface area contributed by atoms with Gasteiger partial charge in [-0.1, -0.05) is 114 Å². The molecule has 0 heterocycles. The number of ether oxygens (including phenoxy) is 1. The Bertz CT molecular complexity index is 486. The molecular weight excluding hydrogens is 361 g/mol. The summed E-state index contributed by atoms with van der Waals surface area (Å²) < 4.78 is 46.4. The molecule has 0 N–H and O–H groups in total. The molecule has 1 aromatic rings. The molecule has 0 amide bonds. The number of hydrogen-bond acceptors (Lipinski definition) is 1. The predicted octanol–water partition coefficient (Wildman–Crippen LogP) is 8.27. The van der Waals surface area contributed by atoms with Gasteiger partial charge in [0.25, 0.3) is 0 Å². The van der Waals surface area contributed by atoms with Crippen LogP contribution < -0.4 is 0 Å². The lowest BCUT2D eigenvalue weighted by Gasteiger charge is -2.34. The van der Waals surface area contributed by atoms with Crippen molar-refractivity contribution in [3.8, 4) is 0 Å². The highest BCUT2D eigenvalue weighted by Crippen LogP contribution is 2.40. The lowest BCUT2D eigenvalue weighted by Crippen LogP contribution is -2.48. The molecule has 0 saturated heterocycles. The van der Waals surface area contributed by atoms with E-state index in [0.717, 1.165) is 19.3 Å². The van der Waals surface area contributed by atoms with Gasteiger partial charge in [-0.25, -0.2) is 0 Å². The van der Waals surface area contributed by atoms with Crippen molar-refractivity contribution in [3.63, 3.8) is 0 Å². The zero-order chi connectivity index (χ0) is 20.7. The fourth-order valence-electron chi connectivity index (χ4n) is 3.80. The summed E-state index contributed by atoms with van der Waals surface area (Å²) in [5, 5.41) is 0. The fourth-order valence-corrected chi connectivity index (χ4v) is 3.80. The molecule has 0 aromatic heterocycles. The molecule has 0 aliphatic carbocycles. The summed E-state index contributed by atoms with van der Waals surface area (Å²) in [6, 6.07) is 8.84. The van der Waals surface area contributed by atoms with E-state index in [-0.39, 0.29) is 12.8 Å². The summed E-state index contributed by atoms with van der Waals surface area (Å²) in [7, 11) is 1.19. The molecule has 0 fully saturated rings. The highest BCUT2D eigenvalue weighted by atomic mass is 19.4. The van der Waals surface area contributed by atoms with Crippen LogP contribution >= 0.6 is 0 Å². The third-order valence-corrected chi connectivity index (χ3v) is 5.67. The second kappa shape index (κ2) is 14.0. The van der Waals surface area contributed by atoms with Gasteiger partial charge < -0.3 is 4.74 Å². The molecular formula is C24H39F3O. The van der Waals surface area contributed by atoms with E-state index < -0.39 is 11.8 Å². The Kier molecular flexibility index (Phi) is 12.5. The van der Waals surface area contributed by atoms with Crippen molar-refractivity contribution in [1.29, 1.82) is 0 Å². The van der Waals surface area contributed by atoms with Crippen LogP contribution in [-0.2, 0) is 11.2 Å². The number of hydrogen-bond donors (Lipinski definition) is 0. The quantitative estimate of drug-likeness (QED) is 0.254. The monoisotopic (exact) mass is 400 g/mol. The Morgan fingerprint density at radius 2 is 1.18 bits per heavy atom. The number of halogens is 3. The number of rotatable bonds is 16. The maximum Gasteiger partial charge on any atom is 0.417 e. The standard InChI is InChI=1S/C24H39F3O/c1-3-4-5-6-7-8-9-10-11-12-13-17-20-23(28-2,24(25,26)27)21-22-18-15-14-16-19-22/h14-16,18-19H,3-13,17,20-21H2,1-2H3. The van der Waals surface area contributed by atoms with Gasteiger partial charge >= 0.3 is 6.18 Å². The first kappa shape index (κ1) is 25.0. The molecule has 0 bridgehead atoms. The molecule has 0 radical (unpaired) electrons. The number of benzene rings is 1. The Balaban J connectivity index is 2.27. The van der Waals surface area contributed by atoms with E-state index in [1.807, 2.05) is 6.07 Å².